The molecule has 0 aliphatic rings. The van der Waals surface area contributed by atoms with Gasteiger partial charge in [-0.3, -0.25) is 0 Å². The van der Waals surface area contributed by atoms with Gasteiger partial charge in [0.1, 0.15) is 0 Å². The van der Waals surface area contributed by atoms with Crippen LogP contribution in [-0.4, -0.2) is 21.5 Å². The molecule has 0 radical (unpaired) electrons. The highest BCUT2D eigenvalue weighted by molar-refractivity contribution is 7.89. The normalized spacial score (nSPS) is 11.8. The first-order chi connectivity index (χ1) is 8.45. The summed E-state index contributed by atoms with van der Waals surface area (Å²) in [5, 5.41) is 3.27. The van der Waals surface area contributed by atoms with E-state index < -0.39 is 10.0 Å². The summed E-state index contributed by atoms with van der Waals surface area (Å²) in [6.07, 6.45) is 1.09. The molecule has 0 amide bonds. The van der Waals surface area contributed by atoms with Gasteiger partial charge in [0.15, 0.2) is 0 Å². The van der Waals surface area contributed by atoms with E-state index in [9.17, 15) is 8.42 Å². The number of anilines is 1. The second kappa shape index (κ2) is 6.75. The van der Waals surface area contributed by atoms with Crippen molar-refractivity contribution in [2.24, 2.45) is 5.92 Å². The van der Waals surface area contributed by atoms with E-state index in [0.29, 0.717) is 17.4 Å². The van der Waals surface area contributed by atoms with Crippen molar-refractivity contribution in [3.8, 4) is 0 Å². The van der Waals surface area contributed by atoms with Crippen LogP contribution in [0.15, 0.2) is 29.2 Å². The van der Waals surface area contributed by atoms with Gasteiger partial charge in [-0.05, 0) is 36.6 Å². The number of benzene rings is 1. The van der Waals surface area contributed by atoms with Crippen LogP contribution in [0, 0.1) is 5.92 Å². The van der Waals surface area contributed by atoms with E-state index in [-0.39, 0.29) is 0 Å². The zero-order valence-corrected chi connectivity index (χ0v) is 12.0. The Hall–Kier alpha value is -1.07. The van der Waals surface area contributed by atoms with Gasteiger partial charge in [-0.2, -0.15) is 0 Å². The summed E-state index contributed by atoms with van der Waals surface area (Å²) in [4.78, 5) is 0.304. The molecule has 1 aromatic rings. The first kappa shape index (κ1) is 15.0. The van der Waals surface area contributed by atoms with Gasteiger partial charge >= 0.3 is 0 Å². The van der Waals surface area contributed by atoms with Gasteiger partial charge in [-0.1, -0.05) is 20.8 Å². The largest absolute Gasteiger partial charge is 0.385 e. The molecule has 0 saturated carbocycles. The molecule has 18 heavy (non-hydrogen) atoms. The van der Waals surface area contributed by atoms with Crippen LogP contribution >= 0.6 is 0 Å². The Morgan fingerprint density at radius 3 is 2.28 bits per heavy atom. The molecule has 102 valence electrons. The van der Waals surface area contributed by atoms with Crippen LogP contribution in [0.4, 0.5) is 5.69 Å². The molecule has 1 aromatic carbocycles. The summed E-state index contributed by atoms with van der Waals surface area (Å²) in [5.74, 6) is 0.658. The first-order valence-corrected chi connectivity index (χ1v) is 7.77. The van der Waals surface area contributed by atoms with Crippen molar-refractivity contribution in [2.75, 3.05) is 18.4 Å². The minimum atomic E-state index is -3.34. The van der Waals surface area contributed by atoms with Crippen molar-refractivity contribution in [2.45, 2.75) is 32.1 Å². The van der Waals surface area contributed by atoms with E-state index >= 15 is 0 Å². The summed E-state index contributed by atoms with van der Waals surface area (Å²) < 4.78 is 25.9. The van der Waals surface area contributed by atoms with Crippen LogP contribution < -0.4 is 10.0 Å². The Morgan fingerprint density at radius 1 is 1.17 bits per heavy atom. The second-order valence-corrected chi connectivity index (χ2v) is 6.40. The number of hydrogen-bond donors (Lipinski definition) is 2. The molecule has 0 heterocycles. The lowest BCUT2D eigenvalue weighted by molar-refractivity contribution is 0.584. The lowest BCUT2D eigenvalue weighted by Gasteiger charge is -2.09. The summed E-state index contributed by atoms with van der Waals surface area (Å²) >= 11 is 0. The summed E-state index contributed by atoms with van der Waals surface area (Å²) in [6, 6.07) is 6.83. The summed E-state index contributed by atoms with van der Waals surface area (Å²) in [6.45, 7) is 7.41. The third kappa shape index (κ3) is 4.66. The lowest BCUT2D eigenvalue weighted by atomic mass is 10.1. The van der Waals surface area contributed by atoms with Crippen molar-refractivity contribution in [3.05, 3.63) is 24.3 Å². The first-order valence-electron chi connectivity index (χ1n) is 6.29. The molecule has 5 heteroatoms. The maximum absolute atomic E-state index is 11.7. The highest BCUT2D eigenvalue weighted by Crippen LogP contribution is 2.14. The van der Waals surface area contributed by atoms with Crippen LogP contribution in [0.1, 0.15) is 27.2 Å². The van der Waals surface area contributed by atoms with Gasteiger partial charge in [0.25, 0.3) is 0 Å². The Balaban J connectivity index is 2.63. The second-order valence-electron chi connectivity index (χ2n) is 4.64. The van der Waals surface area contributed by atoms with Crippen molar-refractivity contribution >= 4 is 15.7 Å². The van der Waals surface area contributed by atoms with E-state index in [2.05, 4.69) is 23.9 Å². The number of nitrogens with one attached hydrogen (secondary N) is 2. The Bertz CT molecular complexity index is 452. The number of sulfonamides is 1. The minimum Gasteiger partial charge on any atom is -0.385 e. The lowest BCUT2D eigenvalue weighted by Crippen LogP contribution is -2.23. The van der Waals surface area contributed by atoms with E-state index in [0.717, 1.165) is 18.7 Å². The number of rotatable bonds is 7. The average Bonchev–Trinajstić information content (AvgIpc) is 2.29. The van der Waals surface area contributed by atoms with Crippen LogP contribution in [-0.2, 0) is 10.0 Å². The molecule has 2 N–H and O–H groups in total. The standard InChI is InChI=1S/C13H22N2O2S/c1-4-15-18(16,17)13-7-5-12(6-8-13)14-10-9-11(2)3/h5-8,11,14-15H,4,9-10H2,1-3H3. The molecule has 0 aliphatic heterocycles. The molecule has 1 rings (SSSR count). The molecule has 0 saturated heterocycles. The predicted molar refractivity (Wildman–Crippen MR) is 75.2 cm³/mol. The third-order valence-electron chi connectivity index (χ3n) is 2.55. The topological polar surface area (TPSA) is 58.2 Å². The monoisotopic (exact) mass is 270 g/mol. The molecule has 0 bridgehead atoms. The molecule has 0 spiro atoms. The molecule has 0 aromatic heterocycles. The Labute approximate surface area is 110 Å². The maximum Gasteiger partial charge on any atom is 0.240 e. The molecule has 4 nitrogen and oxygen atoms in total. The van der Waals surface area contributed by atoms with E-state index in [1.54, 1.807) is 31.2 Å². The van der Waals surface area contributed by atoms with Gasteiger partial charge < -0.3 is 5.32 Å². The molecule has 0 unspecified atom stereocenters. The van der Waals surface area contributed by atoms with Gasteiger partial charge in [-0.25, -0.2) is 13.1 Å². The van der Waals surface area contributed by atoms with Crippen LogP contribution in [0.3, 0.4) is 0 Å². The molecule has 0 atom stereocenters. The predicted octanol–water partition coefficient (Wildman–Crippen LogP) is 2.44. The minimum absolute atomic E-state index is 0.304. The Kier molecular flexibility index (Phi) is 5.62. The molecule has 0 aliphatic carbocycles. The molecule has 0 fully saturated rings. The van der Waals surface area contributed by atoms with Crippen molar-refractivity contribution in [1.29, 1.82) is 0 Å². The third-order valence-corrected chi connectivity index (χ3v) is 4.11. The number of hydrogen-bond acceptors (Lipinski definition) is 3. The molecular weight excluding hydrogens is 248 g/mol. The average molecular weight is 270 g/mol. The fraction of sp³-hybridized carbons (Fsp3) is 0.538. The highest BCUT2D eigenvalue weighted by Gasteiger charge is 2.11. The van der Waals surface area contributed by atoms with E-state index in [4.69, 9.17) is 0 Å². The SMILES string of the molecule is CCNS(=O)(=O)c1ccc(NCCC(C)C)cc1. The maximum atomic E-state index is 11.7. The summed E-state index contributed by atoms with van der Waals surface area (Å²) in [5.41, 5.74) is 0.950. The molecular formula is C13H22N2O2S. The fourth-order valence-electron chi connectivity index (χ4n) is 1.53. The van der Waals surface area contributed by atoms with Crippen molar-refractivity contribution < 1.29 is 8.42 Å². The van der Waals surface area contributed by atoms with E-state index in [1.807, 2.05) is 0 Å². The van der Waals surface area contributed by atoms with Gasteiger partial charge in [0.2, 0.25) is 10.0 Å². The van der Waals surface area contributed by atoms with Crippen molar-refractivity contribution in [1.82, 2.24) is 4.72 Å². The summed E-state index contributed by atoms with van der Waals surface area (Å²) in [7, 11) is -3.34. The quantitative estimate of drug-likeness (QED) is 0.800. The smallest absolute Gasteiger partial charge is 0.240 e. The zero-order valence-electron chi connectivity index (χ0n) is 11.2. The van der Waals surface area contributed by atoms with Crippen molar-refractivity contribution in [3.63, 3.8) is 0 Å². The van der Waals surface area contributed by atoms with Crippen LogP contribution in [0.2, 0.25) is 0 Å². The van der Waals surface area contributed by atoms with Gasteiger partial charge in [0, 0.05) is 18.8 Å². The van der Waals surface area contributed by atoms with Crippen LogP contribution in [0.25, 0.3) is 0 Å². The Morgan fingerprint density at radius 2 is 1.78 bits per heavy atom. The van der Waals surface area contributed by atoms with Crippen LogP contribution in [0.5, 0.6) is 0 Å². The van der Waals surface area contributed by atoms with Gasteiger partial charge in [0.05, 0.1) is 4.90 Å². The highest BCUT2D eigenvalue weighted by atomic mass is 32.2. The van der Waals surface area contributed by atoms with Gasteiger partial charge in [-0.15, -0.1) is 0 Å². The zero-order chi connectivity index (χ0) is 13.6. The fourth-order valence-corrected chi connectivity index (χ4v) is 2.57. The van der Waals surface area contributed by atoms with E-state index in [1.165, 1.54) is 0 Å².